The number of hydrogen-bond acceptors (Lipinski definition) is 3. The van der Waals surface area contributed by atoms with Crippen molar-refractivity contribution < 1.29 is 10.2 Å². The highest BCUT2D eigenvalue weighted by Gasteiger charge is 2.34. The lowest BCUT2D eigenvalue weighted by molar-refractivity contribution is 0.0536. The number of hydrogen-bond donors (Lipinski definition) is 3. The van der Waals surface area contributed by atoms with Crippen molar-refractivity contribution in [1.82, 2.24) is 14.5 Å². The largest absolute Gasteiger partial charge is 0.494 e. The summed E-state index contributed by atoms with van der Waals surface area (Å²) in [7, 11) is 1.83. The van der Waals surface area contributed by atoms with Gasteiger partial charge in [0.2, 0.25) is 0 Å². The Morgan fingerprint density at radius 1 is 1.15 bits per heavy atom. The van der Waals surface area contributed by atoms with Crippen LogP contribution in [0, 0.1) is 5.92 Å². The summed E-state index contributed by atoms with van der Waals surface area (Å²) in [6.07, 6.45) is 5.81. The Morgan fingerprint density at radius 2 is 1.92 bits per heavy atom. The lowest BCUT2D eigenvalue weighted by atomic mass is 9.82. The molecule has 134 valence electrons. The molecule has 0 radical (unpaired) electrons. The zero-order valence-corrected chi connectivity index (χ0v) is 15.2. The first kappa shape index (κ1) is 16.7. The van der Waals surface area contributed by atoms with E-state index in [0.29, 0.717) is 18.0 Å². The van der Waals surface area contributed by atoms with Gasteiger partial charge in [-0.05, 0) is 40.8 Å². The number of aryl methyl sites for hydroxylation is 1. The van der Waals surface area contributed by atoms with Crippen molar-refractivity contribution in [1.29, 1.82) is 0 Å². The first-order valence-electron chi connectivity index (χ1n) is 8.82. The van der Waals surface area contributed by atoms with E-state index in [4.69, 9.17) is 0 Å². The summed E-state index contributed by atoms with van der Waals surface area (Å²) in [5.41, 5.74) is 0.415. The molecule has 26 heavy (non-hydrogen) atoms. The first-order chi connectivity index (χ1) is 12.4. The number of H-pyrrole nitrogens is 1. The Kier molecular flexibility index (Phi) is 3.77. The Hall–Kier alpha value is -2.79. The first-order valence-corrected chi connectivity index (χ1v) is 8.82. The number of aromatic nitrogens is 3. The summed E-state index contributed by atoms with van der Waals surface area (Å²) in [4.78, 5) is 7.16. The van der Waals surface area contributed by atoms with E-state index in [0.717, 1.165) is 27.1 Å². The quantitative estimate of drug-likeness (QED) is 0.520. The summed E-state index contributed by atoms with van der Waals surface area (Å²) in [5.74, 6) is 0.576. The van der Waals surface area contributed by atoms with E-state index in [1.54, 1.807) is 17.1 Å². The molecule has 0 aliphatic rings. The molecule has 0 aliphatic heterocycles. The van der Waals surface area contributed by atoms with Crippen molar-refractivity contribution >= 4 is 21.5 Å². The summed E-state index contributed by atoms with van der Waals surface area (Å²) < 4.78 is 1.72. The molecule has 2 aromatic carbocycles. The average molecular weight is 349 g/mol. The van der Waals surface area contributed by atoms with E-state index in [1.165, 1.54) is 0 Å². The second-order valence-corrected chi connectivity index (χ2v) is 7.45. The van der Waals surface area contributed by atoms with E-state index in [-0.39, 0.29) is 5.88 Å². The van der Waals surface area contributed by atoms with Gasteiger partial charge in [0.1, 0.15) is 5.60 Å². The van der Waals surface area contributed by atoms with Crippen LogP contribution in [0.2, 0.25) is 0 Å². The van der Waals surface area contributed by atoms with Crippen LogP contribution < -0.4 is 0 Å². The third-order valence-corrected chi connectivity index (χ3v) is 5.08. The molecule has 5 nitrogen and oxygen atoms in total. The molecule has 1 atom stereocenters. The van der Waals surface area contributed by atoms with Gasteiger partial charge in [0.15, 0.2) is 5.88 Å². The van der Waals surface area contributed by atoms with Crippen LogP contribution in [0.5, 0.6) is 5.88 Å². The van der Waals surface area contributed by atoms with Crippen LogP contribution in [-0.4, -0.2) is 24.7 Å². The second-order valence-electron chi connectivity index (χ2n) is 7.45. The summed E-state index contributed by atoms with van der Waals surface area (Å²) >= 11 is 0. The van der Waals surface area contributed by atoms with Gasteiger partial charge in [0.25, 0.3) is 0 Å². The molecule has 0 aliphatic carbocycles. The summed E-state index contributed by atoms with van der Waals surface area (Å²) in [6, 6.07) is 9.93. The predicted octanol–water partition coefficient (Wildman–Crippen LogP) is 4.04. The van der Waals surface area contributed by atoms with Crippen LogP contribution in [0.15, 0.2) is 49.1 Å². The van der Waals surface area contributed by atoms with Crippen molar-refractivity contribution in [3.63, 3.8) is 0 Å². The van der Waals surface area contributed by atoms with Crippen LogP contribution in [0.3, 0.4) is 0 Å². The van der Waals surface area contributed by atoms with Crippen LogP contribution >= 0.6 is 0 Å². The van der Waals surface area contributed by atoms with Crippen LogP contribution in [-0.2, 0) is 12.6 Å². The van der Waals surface area contributed by atoms with Crippen LogP contribution in [0.4, 0.5) is 0 Å². The normalized spacial score (nSPS) is 14.3. The highest BCUT2D eigenvalue weighted by molar-refractivity contribution is 6.09. The number of benzene rings is 2. The minimum Gasteiger partial charge on any atom is -0.494 e. The highest BCUT2D eigenvalue weighted by Crippen LogP contribution is 2.38. The fourth-order valence-electron chi connectivity index (χ4n) is 3.85. The SMILES string of the molecule is CC(C)CC(O)(c1ccc2c(ccc3c(O)n(C)cc32)c1)c1cnc[nH]1. The molecular formula is C21H23N3O2. The van der Waals surface area contributed by atoms with Gasteiger partial charge in [-0.1, -0.05) is 32.0 Å². The van der Waals surface area contributed by atoms with Gasteiger partial charge in [-0.2, -0.15) is 0 Å². The minimum absolute atomic E-state index is 0.264. The zero-order chi connectivity index (χ0) is 18.5. The fraction of sp³-hybridized carbons (Fsp3) is 0.286. The molecule has 0 amide bonds. The van der Waals surface area contributed by atoms with Crippen LogP contribution in [0.25, 0.3) is 21.5 Å². The van der Waals surface area contributed by atoms with Gasteiger partial charge in [0, 0.05) is 24.0 Å². The van der Waals surface area contributed by atoms with E-state index in [9.17, 15) is 10.2 Å². The van der Waals surface area contributed by atoms with Crippen molar-refractivity contribution in [3.8, 4) is 5.88 Å². The molecule has 0 fully saturated rings. The number of imidazole rings is 1. The third-order valence-electron chi connectivity index (χ3n) is 5.08. The van der Waals surface area contributed by atoms with Gasteiger partial charge < -0.3 is 19.8 Å². The van der Waals surface area contributed by atoms with E-state index in [1.807, 2.05) is 43.6 Å². The van der Waals surface area contributed by atoms with E-state index < -0.39 is 5.60 Å². The molecule has 0 saturated carbocycles. The summed E-state index contributed by atoms with van der Waals surface area (Å²) in [5, 5.41) is 25.6. The van der Waals surface area contributed by atoms with Crippen molar-refractivity contribution in [3.05, 3.63) is 60.3 Å². The molecular weight excluding hydrogens is 326 g/mol. The van der Waals surface area contributed by atoms with E-state index >= 15 is 0 Å². The molecule has 3 N–H and O–H groups in total. The van der Waals surface area contributed by atoms with Gasteiger partial charge in [-0.15, -0.1) is 0 Å². The number of rotatable bonds is 4. The topological polar surface area (TPSA) is 74.1 Å². The molecule has 5 heteroatoms. The highest BCUT2D eigenvalue weighted by atomic mass is 16.3. The standard InChI is InChI=1S/C21H23N3O2/c1-13(2)9-21(26,19-10-22-12-23-19)15-5-7-16-14(8-15)4-6-17-18(16)11-24(3)20(17)25/h4-8,10-13,25-26H,9H2,1-3H3,(H,22,23). The minimum atomic E-state index is -1.12. The molecule has 4 aromatic rings. The zero-order valence-electron chi connectivity index (χ0n) is 15.2. The monoisotopic (exact) mass is 349 g/mol. The molecule has 2 aromatic heterocycles. The van der Waals surface area contributed by atoms with E-state index in [2.05, 4.69) is 23.8 Å². The maximum Gasteiger partial charge on any atom is 0.198 e. The van der Waals surface area contributed by atoms with Crippen LogP contribution in [0.1, 0.15) is 31.5 Å². The molecule has 0 saturated heterocycles. The average Bonchev–Trinajstić information content (AvgIpc) is 3.23. The molecule has 0 spiro atoms. The summed E-state index contributed by atoms with van der Waals surface area (Å²) in [6.45, 7) is 4.19. The molecule has 2 heterocycles. The number of nitrogens with one attached hydrogen (secondary N) is 1. The number of nitrogens with zero attached hydrogens (tertiary/aromatic N) is 2. The Morgan fingerprint density at radius 3 is 2.62 bits per heavy atom. The Labute approximate surface area is 151 Å². The number of aromatic amines is 1. The maximum absolute atomic E-state index is 11.5. The van der Waals surface area contributed by atoms with Gasteiger partial charge >= 0.3 is 0 Å². The third kappa shape index (κ3) is 2.47. The fourth-order valence-corrected chi connectivity index (χ4v) is 3.85. The number of fused-ring (bicyclic) bond motifs is 3. The molecule has 1 unspecified atom stereocenters. The molecule has 0 bridgehead atoms. The number of aromatic hydroxyl groups is 1. The van der Waals surface area contributed by atoms with Crippen molar-refractivity contribution in [2.75, 3.05) is 0 Å². The van der Waals surface area contributed by atoms with Gasteiger partial charge in [0.05, 0.1) is 18.2 Å². The van der Waals surface area contributed by atoms with Gasteiger partial charge in [-0.3, -0.25) is 0 Å². The lowest BCUT2D eigenvalue weighted by Gasteiger charge is -2.29. The molecule has 4 rings (SSSR count). The maximum atomic E-state index is 11.5. The lowest BCUT2D eigenvalue weighted by Crippen LogP contribution is -2.29. The Balaban J connectivity index is 1.92. The predicted molar refractivity (Wildman–Crippen MR) is 103 cm³/mol. The van der Waals surface area contributed by atoms with Crippen molar-refractivity contribution in [2.45, 2.75) is 25.9 Å². The number of aliphatic hydroxyl groups is 1. The Bertz CT molecular complexity index is 1080. The van der Waals surface area contributed by atoms with Crippen molar-refractivity contribution in [2.24, 2.45) is 13.0 Å². The van der Waals surface area contributed by atoms with Gasteiger partial charge in [-0.25, -0.2) is 4.98 Å². The second kappa shape index (κ2) is 5.88. The smallest absolute Gasteiger partial charge is 0.198 e.